The first kappa shape index (κ1) is 14.2. The van der Waals surface area contributed by atoms with Gasteiger partial charge in [0.05, 0.1) is 0 Å². The van der Waals surface area contributed by atoms with E-state index in [2.05, 4.69) is 49.0 Å². The maximum Gasteiger partial charge on any atom is 0.0481 e. The van der Waals surface area contributed by atoms with Crippen LogP contribution in [0.15, 0.2) is 30.6 Å². The summed E-state index contributed by atoms with van der Waals surface area (Å²) in [5.41, 5.74) is 8.62. The minimum atomic E-state index is 0.276. The molecule has 0 aromatic carbocycles. The van der Waals surface area contributed by atoms with Gasteiger partial charge in [0, 0.05) is 41.3 Å². The maximum absolute atomic E-state index is 5.99. The lowest BCUT2D eigenvalue weighted by atomic mass is 10.1. The number of aromatic nitrogens is 1. The number of aryl methyl sites for hydroxylation is 2. The molecule has 0 bridgehead atoms. The predicted octanol–water partition coefficient (Wildman–Crippen LogP) is 2.89. The fraction of sp³-hybridized carbons (Fsp3) is 0.400. The summed E-state index contributed by atoms with van der Waals surface area (Å²) in [5.74, 6) is 0. The first-order chi connectivity index (χ1) is 9.11. The lowest BCUT2D eigenvalue weighted by Gasteiger charge is -2.27. The van der Waals surface area contributed by atoms with Gasteiger partial charge in [0.25, 0.3) is 0 Å². The molecule has 2 rings (SSSR count). The molecule has 0 aliphatic carbocycles. The zero-order valence-corrected chi connectivity index (χ0v) is 12.6. The van der Waals surface area contributed by atoms with Crippen LogP contribution in [0.1, 0.15) is 26.9 Å². The Labute approximate surface area is 119 Å². The molecule has 1 unspecified atom stereocenters. The number of likely N-dealkylation sites (N-methyl/N-ethyl adjacent to an activating group) is 1. The Morgan fingerprint density at radius 2 is 2.00 bits per heavy atom. The van der Waals surface area contributed by atoms with Crippen LogP contribution in [0.4, 0.5) is 0 Å². The van der Waals surface area contributed by atoms with Crippen molar-refractivity contribution < 1.29 is 0 Å². The van der Waals surface area contributed by atoms with Crippen molar-refractivity contribution in [2.75, 3.05) is 13.6 Å². The topological polar surface area (TPSA) is 42.1 Å². The SMILES string of the molecule is Cc1cc(C(CN)N(C)Cc2ccncc2)c(C)s1. The summed E-state index contributed by atoms with van der Waals surface area (Å²) < 4.78 is 0. The van der Waals surface area contributed by atoms with Crippen molar-refractivity contribution in [3.05, 3.63) is 51.5 Å². The molecule has 0 amide bonds. The van der Waals surface area contributed by atoms with Crippen molar-refractivity contribution in [2.24, 2.45) is 5.73 Å². The Hall–Kier alpha value is -1.23. The smallest absolute Gasteiger partial charge is 0.0481 e. The molecular weight excluding hydrogens is 254 g/mol. The molecule has 3 nitrogen and oxygen atoms in total. The van der Waals surface area contributed by atoms with Gasteiger partial charge in [-0.1, -0.05) is 0 Å². The summed E-state index contributed by atoms with van der Waals surface area (Å²) in [6.07, 6.45) is 3.67. The third-order valence-electron chi connectivity index (χ3n) is 3.38. The van der Waals surface area contributed by atoms with Gasteiger partial charge in [-0.3, -0.25) is 9.88 Å². The number of thiophene rings is 1. The predicted molar refractivity (Wildman–Crippen MR) is 81.3 cm³/mol. The van der Waals surface area contributed by atoms with Crippen LogP contribution in [0.3, 0.4) is 0 Å². The first-order valence-corrected chi connectivity index (χ1v) is 7.29. The number of rotatable bonds is 5. The molecule has 0 saturated heterocycles. The highest BCUT2D eigenvalue weighted by Gasteiger charge is 2.19. The standard InChI is InChI=1S/C15H21N3S/c1-11-8-14(12(2)19-11)15(9-16)18(3)10-13-4-6-17-7-5-13/h4-8,15H,9-10,16H2,1-3H3. The molecular formula is C15H21N3S. The van der Waals surface area contributed by atoms with E-state index in [0.29, 0.717) is 6.54 Å². The van der Waals surface area contributed by atoms with E-state index in [0.717, 1.165) is 6.54 Å². The Kier molecular flexibility index (Phi) is 4.69. The van der Waals surface area contributed by atoms with E-state index in [-0.39, 0.29) is 6.04 Å². The highest BCUT2D eigenvalue weighted by Crippen LogP contribution is 2.29. The van der Waals surface area contributed by atoms with E-state index in [1.165, 1.54) is 20.9 Å². The summed E-state index contributed by atoms with van der Waals surface area (Å²) in [5, 5.41) is 0. The van der Waals surface area contributed by atoms with Gasteiger partial charge < -0.3 is 5.73 Å². The minimum absolute atomic E-state index is 0.276. The molecule has 0 radical (unpaired) electrons. The third kappa shape index (κ3) is 3.41. The Morgan fingerprint density at radius 3 is 2.53 bits per heavy atom. The zero-order chi connectivity index (χ0) is 13.8. The minimum Gasteiger partial charge on any atom is -0.329 e. The van der Waals surface area contributed by atoms with Crippen molar-refractivity contribution in [1.82, 2.24) is 9.88 Å². The number of nitrogens with two attached hydrogens (primary N) is 1. The number of hydrogen-bond acceptors (Lipinski definition) is 4. The lowest BCUT2D eigenvalue weighted by Crippen LogP contribution is -2.30. The van der Waals surface area contributed by atoms with Gasteiger partial charge in [-0.05, 0) is 50.2 Å². The van der Waals surface area contributed by atoms with E-state index in [4.69, 9.17) is 5.73 Å². The van der Waals surface area contributed by atoms with Crippen LogP contribution < -0.4 is 5.73 Å². The lowest BCUT2D eigenvalue weighted by molar-refractivity contribution is 0.241. The third-order valence-corrected chi connectivity index (χ3v) is 4.36. The van der Waals surface area contributed by atoms with Gasteiger partial charge in [-0.2, -0.15) is 0 Å². The Bertz CT molecular complexity index is 521. The van der Waals surface area contributed by atoms with Crippen molar-refractivity contribution in [3.63, 3.8) is 0 Å². The molecule has 1 atom stereocenters. The molecule has 4 heteroatoms. The van der Waals surface area contributed by atoms with E-state index in [1.54, 1.807) is 0 Å². The van der Waals surface area contributed by atoms with Crippen LogP contribution in [0, 0.1) is 13.8 Å². The fourth-order valence-corrected chi connectivity index (χ4v) is 3.39. The van der Waals surface area contributed by atoms with Crippen molar-refractivity contribution in [2.45, 2.75) is 26.4 Å². The van der Waals surface area contributed by atoms with Crippen LogP contribution in [-0.4, -0.2) is 23.5 Å². The summed E-state index contributed by atoms with van der Waals surface area (Å²) in [6.45, 7) is 5.85. The average Bonchev–Trinajstić information content (AvgIpc) is 2.71. The summed E-state index contributed by atoms with van der Waals surface area (Å²) in [6, 6.07) is 6.64. The number of hydrogen-bond donors (Lipinski definition) is 1. The van der Waals surface area contributed by atoms with E-state index in [9.17, 15) is 0 Å². The van der Waals surface area contributed by atoms with Gasteiger partial charge in [0.2, 0.25) is 0 Å². The first-order valence-electron chi connectivity index (χ1n) is 6.48. The van der Waals surface area contributed by atoms with E-state index >= 15 is 0 Å². The molecule has 2 aromatic rings. The van der Waals surface area contributed by atoms with Gasteiger partial charge in [0.15, 0.2) is 0 Å². The summed E-state index contributed by atoms with van der Waals surface area (Å²) >= 11 is 1.84. The quantitative estimate of drug-likeness (QED) is 0.912. The molecule has 0 aliphatic heterocycles. The van der Waals surface area contributed by atoms with Crippen molar-refractivity contribution in [3.8, 4) is 0 Å². The van der Waals surface area contributed by atoms with Crippen LogP contribution in [0.5, 0.6) is 0 Å². The monoisotopic (exact) mass is 275 g/mol. The number of pyridine rings is 1. The van der Waals surface area contributed by atoms with E-state index < -0.39 is 0 Å². The molecule has 0 fully saturated rings. The molecule has 0 aliphatic rings. The van der Waals surface area contributed by atoms with Crippen molar-refractivity contribution >= 4 is 11.3 Å². The van der Waals surface area contributed by atoms with Gasteiger partial charge in [0.1, 0.15) is 0 Å². The largest absolute Gasteiger partial charge is 0.329 e. The van der Waals surface area contributed by atoms with Crippen LogP contribution >= 0.6 is 11.3 Å². The Morgan fingerprint density at radius 1 is 1.32 bits per heavy atom. The fourth-order valence-electron chi connectivity index (χ4n) is 2.41. The second-order valence-corrected chi connectivity index (χ2v) is 6.35. The van der Waals surface area contributed by atoms with Gasteiger partial charge >= 0.3 is 0 Å². The zero-order valence-electron chi connectivity index (χ0n) is 11.8. The van der Waals surface area contributed by atoms with Gasteiger partial charge in [-0.25, -0.2) is 0 Å². The number of nitrogens with zero attached hydrogens (tertiary/aromatic N) is 2. The van der Waals surface area contributed by atoms with Crippen LogP contribution in [0.2, 0.25) is 0 Å². The van der Waals surface area contributed by atoms with Gasteiger partial charge in [-0.15, -0.1) is 11.3 Å². The second kappa shape index (κ2) is 6.28. The molecule has 2 heterocycles. The van der Waals surface area contributed by atoms with Crippen molar-refractivity contribution in [1.29, 1.82) is 0 Å². The van der Waals surface area contributed by atoms with Crippen LogP contribution in [0.25, 0.3) is 0 Å². The molecule has 0 spiro atoms. The molecule has 2 aromatic heterocycles. The highest BCUT2D eigenvalue weighted by atomic mass is 32.1. The molecule has 102 valence electrons. The molecule has 0 saturated carbocycles. The second-order valence-electron chi connectivity index (χ2n) is 4.89. The van der Waals surface area contributed by atoms with Crippen LogP contribution in [-0.2, 0) is 6.54 Å². The molecule has 2 N–H and O–H groups in total. The Balaban J connectivity index is 2.15. The molecule has 19 heavy (non-hydrogen) atoms. The maximum atomic E-state index is 5.99. The normalized spacial score (nSPS) is 12.9. The summed E-state index contributed by atoms with van der Waals surface area (Å²) in [7, 11) is 2.13. The van der Waals surface area contributed by atoms with E-state index in [1.807, 2.05) is 23.7 Å². The highest BCUT2D eigenvalue weighted by molar-refractivity contribution is 7.12. The average molecular weight is 275 g/mol. The summed E-state index contributed by atoms with van der Waals surface area (Å²) in [4.78, 5) is 9.08.